The summed E-state index contributed by atoms with van der Waals surface area (Å²) in [5.74, 6) is 2.90. The van der Waals surface area contributed by atoms with Gasteiger partial charge >= 0.3 is 0 Å². The van der Waals surface area contributed by atoms with Crippen molar-refractivity contribution in [1.29, 1.82) is 0 Å². The molecule has 3 rings (SSSR count). The summed E-state index contributed by atoms with van der Waals surface area (Å²) in [7, 11) is 0. The Morgan fingerprint density at radius 1 is 1.16 bits per heavy atom. The third kappa shape index (κ3) is 3.00. The molecule has 19 heavy (non-hydrogen) atoms. The molecular weight excluding hydrogens is 234 g/mol. The summed E-state index contributed by atoms with van der Waals surface area (Å²) < 4.78 is 6.19. The second kappa shape index (κ2) is 5.73. The average molecular weight is 265 g/mol. The molecule has 1 N–H and O–H groups in total. The largest absolute Gasteiger partial charge is 0.375 e. The normalized spacial score (nSPS) is 37.7. The summed E-state index contributed by atoms with van der Waals surface area (Å²) in [6.45, 7) is 6.80. The van der Waals surface area contributed by atoms with E-state index >= 15 is 0 Å². The number of ether oxygens (including phenoxy) is 1. The number of hydrogen-bond donors (Lipinski definition) is 1. The Labute approximate surface area is 118 Å². The molecule has 2 nitrogen and oxygen atoms in total. The Hall–Kier alpha value is -0.0800. The first kappa shape index (κ1) is 13.9. The molecule has 110 valence electrons. The molecular formula is C17H31NO. The molecule has 1 spiro atoms. The van der Waals surface area contributed by atoms with E-state index in [2.05, 4.69) is 19.2 Å². The molecule has 1 saturated heterocycles. The minimum Gasteiger partial charge on any atom is -0.375 e. The first-order chi connectivity index (χ1) is 9.19. The highest BCUT2D eigenvalue weighted by atomic mass is 16.5. The first-order valence-electron chi connectivity index (χ1n) is 8.56. The van der Waals surface area contributed by atoms with E-state index in [-0.39, 0.29) is 0 Å². The maximum Gasteiger partial charge on any atom is 0.0685 e. The lowest BCUT2D eigenvalue weighted by Gasteiger charge is -2.48. The van der Waals surface area contributed by atoms with Gasteiger partial charge in [-0.3, -0.25) is 0 Å². The van der Waals surface area contributed by atoms with E-state index in [1.165, 1.54) is 57.9 Å². The third-order valence-corrected chi connectivity index (χ3v) is 5.92. The summed E-state index contributed by atoms with van der Waals surface area (Å²) in [4.78, 5) is 0. The van der Waals surface area contributed by atoms with Crippen LogP contribution < -0.4 is 5.32 Å². The molecule has 2 aliphatic carbocycles. The monoisotopic (exact) mass is 265 g/mol. The van der Waals surface area contributed by atoms with Crippen molar-refractivity contribution in [2.45, 2.75) is 76.9 Å². The van der Waals surface area contributed by atoms with Crippen molar-refractivity contribution >= 4 is 0 Å². The summed E-state index contributed by atoms with van der Waals surface area (Å²) in [5, 5.41) is 3.65. The molecule has 2 heteroatoms. The van der Waals surface area contributed by atoms with Crippen molar-refractivity contribution in [3.63, 3.8) is 0 Å². The Morgan fingerprint density at radius 2 is 1.95 bits per heavy atom. The third-order valence-electron chi connectivity index (χ3n) is 5.92. The van der Waals surface area contributed by atoms with Crippen LogP contribution in [0, 0.1) is 17.8 Å². The predicted octanol–water partition coefficient (Wildman–Crippen LogP) is 3.75. The van der Waals surface area contributed by atoms with E-state index in [0.29, 0.717) is 11.6 Å². The molecule has 2 saturated carbocycles. The quantitative estimate of drug-likeness (QED) is 0.836. The van der Waals surface area contributed by atoms with Gasteiger partial charge in [0, 0.05) is 12.6 Å². The molecule has 0 radical (unpaired) electrons. The van der Waals surface area contributed by atoms with Crippen molar-refractivity contribution in [3.8, 4) is 0 Å². The molecule has 1 aliphatic heterocycles. The smallest absolute Gasteiger partial charge is 0.0685 e. The predicted molar refractivity (Wildman–Crippen MR) is 79.2 cm³/mol. The van der Waals surface area contributed by atoms with Gasteiger partial charge in [0.25, 0.3) is 0 Å². The summed E-state index contributed by atoms with van der Waals surface area (Å²) in [6, 6.07) is 0.636. The van der Waals surface area contributed by atoms with Crippen LogP contribution >= 0.6 is 0 Å². The number of rotatable bonds is 4. The molecule has 1 heterocycles. The van der Waals surface area contributed by atoms with Crippen LogP contribution in [0.1, 0.15) is 65.2 Å². The van der Waals surface area contributed by atoms with Gasteiger partial charge in [-0.05, 0) is 62.8 Å². The minimum atomic E-state index is 0.314. The first-order valence-corrected chi connectivity index (χ1v) is 8.56. The maximum absolute atomic E-state index is 6.19. The molecule has 0 aromatic rings. The van der Waals surface area contributed by atoms with Crippen molar-refractivity contribution in [1.82, 2.24) is 5.32 Å². The van der Waals surface area contributed by atoms with Crippen LogP contribution in [0.5, 0.6) is 0 Å². The van der Waals surface area contributed by atoms with Gasteiger partial charge in [0.2, 0.25) is 0 Å². The van der Waals surface area contributed by atoms with E-state index in [1.807, 2.05) is 0 Å². The minimum absolute atomic E-state index is 0.314. The molecule has 0 amide bonds. The van der Waals surface area contributed by atoms with Crippen molar-refractivity contribution in [3.05, 3.63) is 0 Å². The van der Waals surface area contributed by atoms with E-state index in [1.54, 1.807) is 0 Å². The number of nitrogens with one attached hydrogen (secondary N) is 1. The molecule has 3 unspecified atom stereocenters. The summed E-state index contributed by atoms with van der Waals surface area (Å²) in [5.41, 5.74) is 0.314. The topological polar surface area (TPSA) is 21.3 Å². The highest BCUT2D eigenvalue weighted by Gasteiger charge is 2.45. The Balaban J connectivity index is 1.53. The maximum atomic E-state index is 6.19. The van der Waals surface area contributed by atoms with E-state index in [0.717, 1.165) is 24.4 Å². The van der Waals surface area contributed by atoms with Crippen LogP contribution in [0.3, 0.4) is 0 Å². The lowest BCUT2D eigenvalue weighted by Crippen LogP contribution is -2.46. The zero-order valence-electron chi connectivity index (χ0n) is 12.8. The van der Waals surface area contributed by atoms with Gasteiger partial charge in [-0.25, -0.2) is 0 Å². The van der Waals surface area contributed by atoms with Crippen molar-refractivity contribution < 1.29 is 4.74 Å². The van der Waals surface area contributed by atoms with Crippen LogP contribution in [-0.2, 0) is 4.74 Å². The molecule has 0 bridgehead atoms. The Kier molecular flexibility index (Phi) is 4.19. The lowest BCUT2D eigenvalue weighted by atomic mass is 9.63. The van der Waals surface area contributed by atoms with Gasteiger partial charge in [0.1, 0.15) is 0 Å². The van der Waals surface area contributed by atoms with Crippen LogP contribution in [-0.4, -0.2) is 24.8 Å². The second-order valence-electron chi connectivity index (χ2n) is 7.56. The van der Waals surface area contributed by atoms with Gasteiger partial charge in [0.05, 0.1) is 5.60 Å². The SMILES string of the molecule is CC(C)NCC1CCC1C1CCOC2(CCCC2)C1. The van der Waals surface area contributed by atoms with Crippen molar-refractivity contribution in [2.24, 2.45) is 17.8 Å². The fourth-order valence-corrected chi connectivity index (χ4v) is 4.65. The standard InChI is InChI=1S/C17H31NO/c1-13(2)18-12-15-5-6-16(15)14-7-10-19-17(11-14)8-3-4-9-17/h13-16,18H,3-12H2,1-2H3. The molecule has 3 aliphatic rings. The highest BCUT2D eigenvalue weighted by Crippen LogP contribution is 2.49. The van der Waals surface area contributed by atoms with Crippen LogP contribution in [0.25, 0.3) is 0 Å². The average Bonchev–Trinajstić information content (AvgIpc) is 2.75. The lowest BCUT2D eigenvalue weighted by molar-refractivity contribution is -0.115. The van der Waals surface area contributed by atoms with Crippen LogP contribution in [0.15, 0.2) is 0 Å². The highest BCUT2D eigenvalue weighted by molar-refractivity contribution is 4.96. The van der Waals surface area contributed by atoms with E-state index < -0.39 is 0 Å². The Morgan fingerprint density at radius 3 is 2.58 bits per heavy atom. The fraction of sp³-hybridized carbons (Fsp3) is 1.00. The summed E-state index contributed by atoms with van der Waals surface area (Å²) in [6.07, 6.45) is 11.1. The Bertz CT molecular complexity index is 296. The van der Waals surface area contributed by atoms with E-state index in [4.69, 9.17) is 4.74 Å². The fourth-order valence-electron chi connectivity index (χ4n) is 4.65. The summed E-state index contributed by atoms with van der Waals surface area (Å²) >= 11 is 0. The van der Waals surface area contributed by atoms with E-state index in [9.17, 15) is 0 Å². The van der Waals surface area contributed by atoms with Crippen LogP contribution in [0.2, 0.25) is 0 Å². The van der Waals surface area contributed by atoms with Gasteiger partial charge in [0.15, 0.2) is 0 Å². The molecule has 3 fully saturated rings. The van der Waals surface area contributed by atoms with Gasteiger partial charge in [-0.1, -0.05) is 26.7 Å². The van der Waals surface area contributed by atoms with Gasteiger partial charge in [-0.2, -0.15) is 0 Å². The molecule has 0 aromatic carbocycles. The zero-order valence-corrected chi connectivity index (χ0v) is 12.8. The van der Waals surface area contributed by atoms with Gasteiger partial charge < -0.3 is 10.1 Å². The molecule has 0 aromatic heterocycles. The second-order valence-corrected chi connectivity index (χ2v) is 7.56. The van der Waals surface area contributed by atoms with Crippen molar-refractivity contribution in [2.75, 3.05) is 13.2 Å². The molecule has 3 atom stereocenters. The number of hydrogen-bond acceptors (Lipinski definition) is 2. The van der Waals surface area contributed by atoms with Crippen LogP contribution in [0.4, 0.5) is 0 Å². The van der Waals surface area contributed by atoms with Gasteiger partial charge in [-0.15, -0.1) is 0 Å². The zero-order chi connectivity index (χ0) is 13.3.